The fraction of sp³-hybridized carbons (Fsp3) is 0.429. The summed E-state index contributed by atoms with van der Waals surface area (Å²) in [5.74, 6) is -0.375. The molecule has 1 aliphatic heterocycles. The van der Waals surface area contributed by atoms with E-state index in [9.17, 15) is 28.4 Å². The topological polar surface area (TPSA) is 145 Å². The van der Waals surface area contributed by atoms with Crippen LogP contribution in [0.25, 0.3) is 10.8 Å². The number of hydrogen-bond acceptors (Lipinski definition) is 6. The van der Waals surface area contributed by atoms with Crippen molar-refractivity contribution in [3.63, 3.8) is 0 Å². The molecule has 3 aliphatic rings. The summed E-state index contributed by atoms with van der Waals surface area (Å²) in [6, 6.07) is 11.5. The van der Waals surface area contributed by atoms with Crippen molar-refractivity contribution in [2.75, 3.05) is 39.3 Å². The Hall–Kier alpha value is -4.87. The second-order valence-electron chi connectivity index (χ2n) is 12.6. The van der Waals surface area contributed by atoms with Gasteiger partial charge in [-0.2, -0.15) is 5.10 Å². The van der Waals surface area contributed by atoms with Crippen molar-refractivity contribution >= 4 is 34.4 Å². The minimum absolute atomic E-state index is 0.0398. The number of amides is 4. The number of nitrogens with one attached hydrogen (secondary N) is 3. The average molecular weight is 643 g/mol. The first-order valence-electron chi connectivity index (χ1n) is 16.3. The Labute approximate surface area is 271 Å². The van der Waals surface area contributed by atoms with Crippen LogP contribution in [0.4, 0.5) is 4.39 Å². The molecule has 1 saturated heterocycles. The number of aromatic amines is 1. The molecule has 1 saturated carbocycles. The van der Waals surface area contributed by atoms with Gasteiger partial charge in [-0.3, -0.25) is 24.0 Å². The van der Waals surface area contributed by atoms with Crippen molar-refractivity contribution in [2.24, 2.45) is 17.8 Å². The van der Waals surface area contributed by atoms with E-state index in [0.29, 0.717) is 72.9 Å². The van der Waals surface area contributed by atoms with E-state index in [2.05, 4.69) is 33.0 Å². The Morgan fingerprint density at radius 3 is 2.38 bits per heavy atom. The second-order valence-corrected chi connectivity index (χ2v) is 12.6. The quantitative estimate of drug-likeness (QED) is 0.217. The predicted molar refractivity (Wildman–Crippen MR) is 173 cm³/mol. The molecule has 2 fully saturated rings. The minimum atomic E-state index is -0.629. The number of piperazine rings is 1. The van der Waals surface area contributed by atoms with Crippen molar-refractivity contribution in [3.8, 4) is 0 Å². The van der Waals surface area contributed by atoms with Crippen LogP contribution in [0.3, 0.4) is 0 Å². The third kappa shape index (κ3) is 7.42. The highest BCUT2D eigenvalue weighted by Crippen LogP contribution is 2.43. The van der Waals surface area contributed by atoms with Gasteiger partial charge in [0.2, 0.25) is 17.7 Å². The number of H-pyrrole nitrogens is 1. The van der Waals surface area contributed by atoms with E-state index in [4.69, 9.17) is 0 Å². The Kier molecular flexibility index (Phi) is 9.74. The summed E-state index contributed by atoms with van der Waals surface area (Å²) in [4.78, 5) is 66.0. The molecule has 6 rings (SSSR count). The molecule has 246 valence electrons. The standard InChI is InChI=1S/C35H39FN6O5/c36-29-11-9-23(21-30-25-4-1-2-5-26(25)34(46)40-39-30)20-28(29)35(47)42-16-14-41(15-17-42)32(44)7-3-6-31(43)37-12-13-38-33(45)27-19-22-8-10-24(27)18-22/h1-2,4-5,8-11,20,22,24,27H,3,6-7,12-19,21H2,(H,37,43)(H,38,45)(H,40,46)/t22-,24+,27+/m1/s1. The van der Waals surface area contributed by atoms with E-state index in [1.54, 1.807) is 34.1 Å². The average Bonchev–Trinajstić information content (AvgIpc) is 3.73. The first-order valence-corrected chi connectivity index (χ1v) is 16.3. The molecule has 0 spiro atoms. The van der Waals surface area contributed by atoms with E-state index in [1.165, 1.54) is 12.1 Å². The zero-order chi connectivity index (χ0) is 32.9. The summed E-state index contributed by atoms with van der Waals surface area (Å²) in [6.45, 7) is 1.90. The molecule has 12 heteroatoms. The number of benzene rings is 2. The summed E-state index contributed by atoms with van der Waals surface area (Å²) in [5.41, 5.74) is 0.946. The zero-order valence-electron chi connectivity index (χ0n) is 26.2. The highest BCUT2D eigenvalue weighted by atomic mass is 19.1. The third-order valence-corrected chi connectivity index (χ3v) is 9.48. The van der Waals surface area contributed by atoms with Crippen molar-refractivity contribution in [3.05, 3.63) is 87.6 Å². The molecule has 3 aromatic rings. The molecule has 1 aromatic heterocycles. The van der Waals surface area contributed by atoms with Gasteiger partial charge >= 0.3 is 0 Å². The molecule has 47 heavy (non-hydrogen) atoms. The lowest BCUT2D eigenvalue weighted by molar-refractivity contribution is -0.133. The predicted octanol–water partition coefficient (Wildman–Crippen LogP) is 2.55. The lowest BCUT2D eigenvalue weighted by Gasteiger charge is -2.35. The molecule has 4 amide bonds. The Balaban J connectivity index is 0.914. The van der Waals surface area contributed by atoms with Crippen LogP contribution in [0, 0.1) is 23.6 Å². The summed E-state index contributed by atoms with van der Waals surface area (Å²) >= 11 is 0. The van der Waals surface area contributed by atoms with Gasteiger partial charge in [0.05, 0.1) is 16.6 Å². The Bertz CT molecular complexity index is 1760. The van der Waals surface area contributed by atoms with Crippen molar-refractivity contribution in [1.82, 2.24) is 30.6 Å². The number of aromatic nitrogens is 2. The number of hydrogen-bond donors (Lipinski definition) is 3. The van der Waals surface area contributed by atoms with Crippen LogP contribution in [-0.2, 0) is 20.8 Å². The van der Waals surface area contributed by atoms with Gasteiger partial charge in [-0.25, -0.2) is 9.49 Å². The normalized spacial score (nSPS) is 20.1. The fourth-order valence-corrected chi connectivity index (χ4v) is 6.92. The van der Waals surface area contributed by atoms with Gasteiger partial charge < -0.3 is 20.4 Å². The molecule has 2 bridgehead atoms. The summed E-state index contributed by atoms with van der Waals surface area (Å²) in [7, 11) is 0. The van der Waals surface area contributed by atoms with Crippen LogP contribution in [-0.4, -0.2) is 82.9 Å². The number of carbonyl (C=O) groups excluding carboxylic acids is 4. The number of fused-ring (bicyclic) bond motifs is 3. The van der Waals surface area contributed by atoms with Gasteiger partial charge in [0, 0.05) is 69.8 Å². The molecule has 2 heterocycles. The third-order valence-electron chi connectivity index (χ3n) is 9.48. The number of halogens is 1. The van der Waals surface area contributed by atoms with Gasteiger partial charge in [0.15, 0.2) is 0 Å². The minimum Gasteiger partial charge on any atom is -0.354 e. The van der Waals surface area contributed by atoms with Gasteiger partial charge in [0.25, 0.3) is 11.5 Å². The van der Waals surface area contributed by atoms with Gasteiger partial charge in [-0.15, -0.1) is 0 Å². The summed E-state index contributed by atoms with van der Waals surface area (Å²) in [5, 5.41) is 13.6. The molecule has 0 unspecified atom stereocenters. The molecule has 2 aliphatic carbocycles. The maximum Gasteiger partial charge on any atom is 0.272 e. The van der Waals surface area contributed by atoms with Crippen LogP contribution in [0.5, 0.6) is 0 Å². The largest absolute Gasteiger partial charge is 0.354 e. The SMILES string of the molecule is O=C(CCCC(=O)N1CCN(C(=O)c2cc(Cc3n[nH]c(=O)c4ccccc34)ccc2F)CC1)NCCNC(=O)[C@H]1C[C@@H]2C=C[C@H]1C2. The zero-order valence-corrected chi connectivity index (χ0v) is 26.2. The smallest absolute Gasteiger partial charge is 0.272 e. The van der Waals surface area contributed by atoms with Gasteiger partial charge in [-0.1, -0.05) is 36.4 Å². The molecule has 11 nitrogen and oxygen atoms in total. The molecule has 3 atom stereocenters. The molecule has 3 N–H and O–H groups in total. The highest BCUT2D eigenvalue weighted by Gasteiger charge is 2.39. The number of allylic oxidation sites excluding steroid dienone is 2. The summed E-state index contributed by atoms with van der Waals surface area (Å²) < 4.78 is 14.8. The van der Waals surface area contributed by atoms with Gasteiger partial charge in [-0.05, 0) is 54.9 Å². The van der Waals surface area contributed by atoms with Crippen LogP contribution >= 0.6 is 0 Å². The number of carbonyl (C=O) groups is 4. The van der Waals surface area contributed by atoms with Crippen molar-refractivity contribution in [1.29, 1.82) is 0 Å². The van der Waals surface area contributed by atoms with Crippen LogP contribution in [0.2, 0.25) is 0 Å². The van der Waals surface area contributed by atoms with E-state index in [-0.39, 0.29) is 60.7 Å². The molecular formula is C35H39FN6O5. The fourth-order valence-electron chi connectivity index (χ4n) is 6.92. The Morgan fingerprint density at radius 2 is 1.64 bits per heavy atom. The summed E-state index contributed by atoms with van der Waals surface area (Å²) in [6.07, 6.45) is 7.41. The highest BCUT2D eigenvalue weighted by molar-refractivity contribution is 5.95. The van der Waals surface area contributed by atoms with E-state index < -0.39 is 11.7 Å². The van der Waals surface area contributed by atoms with Gasteiger partial charge in [0.1, 0.15) is 5.82 Å². The maximum atomic E-state index is 14.8. The lowest BCUT2D eigenvalue weighted by Crippen LogP contribution is -2.50. The monoisotopic (exact) mass is 642 g/mol. The number of rotatable bonds is 11. The van der Waals surface area contributed by atoms with Crippen LogP contribution in [0.15, 0.2) is 59.4 Å². The second kappa shape index (κ2) is 14.3. The lowest BCUT2D eigenvalue weighted by atomic mass is 9.93. The van der Waals surface area contributed by atoms with Crippen molar-refractivity contribution in [2.45, 2.75) is 38.5 Å². The first-order chi connectivity index (χ1) is 22.8. The van der Waals surface area contributed by atoms with E-state index in [0.717, 1.165) is 12.8 Å². The molecule has 2 aromatic carbocycles. The van der Waals surface area contributed by atoms with E-state index >= 15 is 0 Å². The van der Waals surface area contributed by atoms with E-state index in [1.807, 2.05) is 6.07 Å². The molecular weight excluding hydrogens is 603 g/mol. The number of nitrogens with zero attached hydrogens (tertiary/aromatic N) is 3. The van der Waals surface area contributed by atoms with Crippen LogP contribution < -0.4 is 16.2 Å². The maximum absolute atomic E-state index is 14.8. The Morgan fingerprint density at radius 1 is 0.894 bits per heavy atom. The molecule has 0 radical (unpaired) electrons. The van der Waals surface area contributed by atoms with Crippen molar-refractivity contribution < 1.29 is 23.6 Å². The van der Waals surface area contributed by atoms with Crippen LogP contribution in [0.1, 0.15) is 53.7 Å². The first kappa shape index (κ1) is 32.1.